The highest BCUT2D eigenvalue weighted by atomic mass is 19.4. The molecule has 3 rings (SSSR count). The number of nitrogens with zero attached hydrogens (tertiary/aromatic N) is 2. The van der Waals surface area contributed by atoms with Crippen LogP contribution in [0, 0.1) is 5.92 Å². The average Bonchev–Trinajstić information content (AvgIpc) is 3.03. The van der Waals surface area contributed by atoms with Crippen LogP contribution >= 0.6 is 0 Å². The summed E-state index contributed by atoms with van der Waals surface area (Å²) in [5.41, 5.74) is 1.29. The Hall–Kier alpha value is -2.87. The second kappa shape index (κ2) is 8.87. The van der Waals surface area contributed by atoms with Gasteiger partial charge in [-0.2, -0.15) is 13.2 Å². The van der Waals surface area contributed by atoms with Crippen LogP contribution in [0.3, 0.4) is 0 Å². The molecule has 0 saturated carbocycles. The Morgan fingerprint density at radius 1 is 1.17 bits per heavy atom. The van der Waals surface area contributed by atoms with E-state index in [9.17, 15) is 22.8 Å². The first-order valence-corrected chi connectivity index (χ1v) is 9.61. The number of anilines is 1. The summed E-state index contributed by atoms with van der Waals surface area (Å²) in [6, 6.07) is 12.4. The molecule has 1 heterocycles. The number of carbonyl (C=O) groups excluding carboxylic acids is 2. The fourth-order valence-electron chi connectivity index (χ4n) is 3.52. The number of benzene rings is 2. The molecule has 160 valence electrons. The molecule has 2 amide bonds. The monoisotopic (exact) mass is 419 g/mol. The van der Waals surface area contributed by atoms with Crippen LogP contribution in [0.4, 0.5) is 18.9 Å². The summed E-state index contributed by atoms with van der Waals surface area (Å²) in [6.07, 6.45) is -4.39. The lowest BCUT2D eigenvalue weighted by Gasteiger charge is -2.18. The maximum Gasteiger partial charge on any atom is 0.416 e. The van der Waals surface area contributed by atoms with Gasteiger partial charge in [-0.15, -0.1) is 0 Å². The summed E-state index contributed by atoms with van der Waals surface area (Å²) in [6.45, 7) is 0.877. The minimum atomic E-state index is -4.44. The van der Waals surface area contributed by atoms with E-state index in [-0.39, 0.29) is 31.3 Å². The molecule has 1 unspecified atom stereocenters. The second-order valence-electron chi connectivity index (χ2n) is 7.76. The Kier molecular flexibility index (Phi) is 6.45. The summed E-state index contributed by atoms with van der Waals surface area (Å²) in [4.78, 5) is 28.5. The van der Waals surface area contributed by atoms with Gasteiger partial charge >= 0.3 is 6.18 Å². The number of para-hydroxylation sites is 1. The van der Waals surface area contributed by atoms with Crippen molar-refractivity contribution >= 4 is 17.5 Å². The number of halogens is 3. The van der Waals surface area contributed by atoms with Crippen LogP contribution in [-0.4, -0.2) is 42.3 Å². The van der Waals surface area contributed by atoms with Crippen molar-refractivity contribution in [1.29, 1.82) is 0 Å². The van der Waals surface area contributed by atoms with Crippen molar-refractivity contribution in [3.05, 3.63) is 65.2 Å². The van der Waals surface area contributed by atoms with Gasteiger partial charge in [-0.05, 0) is 43.4 Å². The van der Waals surface area contributed by atoms with Crippen molar-refractivity contribution in [1.82, 2.24) is 9.80 Å². The highest BCUT2D eigenvalue weighted by Gasteiger charge is 2.35. The van der Waals surface area contributed by atoms with E-state index in [1.54, 1.807) is 6.07 Å². The zero-order valence-electron chi connectivity index (χ0n) is 16.9. The number of hydrogen-bond acceptors (Lipinski definition) is 3. The molecule has 1 aliphatic rings. The van der Waals surface area contributed by atoms with Crippen molar-refractivity contribution < 1.29 is 22.8 Å². The number of likely N-dealkylation sites (tertiary alicyclic amines) is 1. The lowest BCUT2D eigenvalue weighted by atomic mass is 10.1. The molecular weight excluding hydrogens is 395 g/mol. The third-order valence-electron chi connectivity index (χ3n) is 4.97. The van der Waals surface area contributed by atoms with Gasteiger partial charge in [0.25, 0.3) is 0 Å². The summed E-state index contributed by atoms with van der Waals surface area (Å²) < 4.78 is 38.7. The predicted molar refractivity (Wildman–Crippen MR) is 107 cm³/mol. The lowest BCUT2D eigenvalue weighted by Crippen LogP contribution is -2.28. The van der Waals surface area contributed by atoms with Crippen molar-refractivity contribution in [2.45, 2.75) is 25.7 Å². The first-order valence-electron chi connectivity index (χ1n) is 9.61. The highest BCUT2D eigenvalue weighted by molar-refractivity contribution is 5.97. The molecule has 2 aromatic rings. The Morgan fingerprint density at radius 3 is 2.60 bits per heavy atom. The van der Waals surface area contributed by atoms with Crippen molar-refractivity contribution in [3.8, 4) is 0 Å². The molecule has 1 saturated heterocycles. The van der Waals surface area contributed by atoms with Crippen LogP contribution in [0.25, 0.3) is 0 Å². The maximum absolute atomic E-state index is 12.9. The number of rotatable bonds is 6. The van der Waals surface area contributed by atoms with E-state index >= 15 is 0 Å². The fourth-order valence-corrected chi connectivity index (χ4v) is 3.52. The molecule has 1 N–H and O–H groups in total. The molecule has 0 spiro atoms. The zero-order chi connectivity index (χ0) is 21.9. The summed E-state index contributed by atoms with van der Waals surface area (Å²) in [7, 11) is 3.86. The molecule has 1 atom stereocenters. The van der Waals surface area contributed by atoms with E-state index in [0.29, 0.717) is 17.8 Å². The van der Waals surface area contributed by atoms with Gasteiger partial charge in [0.05, 0.1) is 11.5 Å². The van der Waals surface area contributed by atoms with Gasteiger partial charge in [0, 0.05) is 31.7 Å². The molecule has 0 radical (unpaired) electrons. The van der Waals surface area contributed by atoms with Gasteiger partial charge < -0.3 is 15.1 Å². The van der Waals surface area contributed by atoms with E-state index in [1.165, 1.54) is 11.0 Å². The normalized spacial score (nSPS) is 16.9. The standard InChI is InChI=1S/C22H24F3N3O2/c1-27(2)13-16-7-3-4-9-19(16)26-21(30)17-11-20(29)28(14-17)12-15-6-5-8-18(10-15)22(23,24)25/h3-10,17H,11-14H2,1-2H3,(H,26,30). The molecule has 5 nitrogen and oxygen atoms in total. The topological polar surface area (TPSA) is 52.7 Å². The summed E-state index contributed by atoms with van der Waals surface area (Å²) in [5, 5.41) is 2.90. The third-order valence-corrected chi connectivity index (χ3v) is 4.97. The van der Waals surface area contributed by atoms with Crippen LogP contribution in [0.15, 0.2) is 48.5 Å². The van der Waals surface area contributed by atoms with Crippen molar-refractivity contribution in [3.63, 3.8) is 0 Å². The van der Waals surface area contributed by atoms with E-state index in [1.807, 2.05) is 43.3 Å². The van der Waals surface area contributed by atoms with Crippen LogP contribution < -0.4 is 5.32 Å². The first-order chi connectivity index (χ1) is 14.1. The maximum atomic E-state index is 12.9. The Labute approximate surface area is 173 Å². The quantitative estimate of drug-likeness (QED) is 0.776. The Bertz CT molecular complexity index is 928. The molecule has 0 aliphatic carbocycles. The molecule has 1 fully saturated rings. The first kappa shape index (κ1) is 21.8. The van der Waals surface area contributed by atoms with Crippen molar-refractivity contribution in [2.24, 2.45) is 5.92 Å². The summed E-state index contributed by atoms with van der Waals surface area (Å²) >= 11 is 0. The van der Waals surface area contributed by atoms with Crippen LogP contribution in [-0.2, 0) is 28.9 Å². The third kappa shape index (κ3) is 5.38. The number of carbonyl (C=O) groups is 2. The minimum Gasteiger partial charge on any atom is -0.338 e. The molecular formula is C22H24F3N3O2. The molecule has 8 heteroatoms. The number of nitrogens with one attached hydrogen (secondary N) is 1. The molecule has 30 heavy (non-hydrogen) atoms. The van der Waals surface area contributed by atoms with Gasteiger partial charge in [0.15, 0.2) is 0 Å². The predicted octanol–water partition coefficient (Wildman–Crippen LogP) is 3.75. The van der Waals surface area contributed by atoms with Gasteiger partial charge in [-0.3, -0.25) is 9.59 Å². The van der Waals surface area contributed by atoms with E-state index in [4.69, 9.17) is 0 Å². The highest BCUT2D eigenvalue weighted by Crippen LogP contribution is 2.30. The lowest BCUT2D eigenvalue weighted by molar-refractivity contribution is -0.137. The van der Waals surface area contributed by atoms with Crippen LogP contribution in [0.5, 0.6) is 0 Å². The van der Waals surface area contributed by atoms with Crippen LogP contribution in [0.2, 0.25) is 0 Å². The minimum absolute atomic E-state index is 0.0423. The van der Waals surface area contributed by atoms with Gasteiger partial charge in [-0.1, -0.05) is 30.3 Å². The van der Waals surface area contributed by atoms with E-state index in [2.05, 4.69) is 5.32 Å². The zero-order valence-corrected chi connectivity index (χ0v) is 16.9. The molecule has 1 aliphatic heterocycles. The number of hydrogen-bond donors (Lipinski definition) is 1. The average molecular weight is 419 g/mol. The number of amides is 2. The van der Waals surface area contributed by atoms with Gasteiger partial charge in [-0.25, -0.2) is 0 Å². The van der Waals surface area contributed by atoms with Gasteiger partial charge in [0.1, 0.15) is 0 Å². The van der Waals surface area contributed by atoms with E-state index < -0.39 is 17.7 Å². The summed E-state index contributed by atoms with van der Waals surface area (Å²) in [5.74, 6) is -1.05. The van der Waals surface area contributed by atoms with E-state index in [0.717, 1.165) is 17.7 Å². The molecule has 0 aromatic heterocycles. The molecule has 0 bridgehead atoms. The number of alkyl halides is 3. The fraction of sp³-hybridized carbons (Fsp3) is 0.364. The molecule has 2 aromatic carbocycles. The van der Waals surface area contributed by atoms with Gasteiger partial charge in [0.2, 0.25) is 11.8 Å². The largest absolute Gasteiger partial charge is 0.416 e. The second-order valence-corrected chi connectivity index (χ2v) is 7.76. The van der Waals surface area contributed by atoms with Crippen LogP contribution in [0.1, 0.15) is 23.1 Å². The van der Waals surface area contributed by atoms with Crippen molar-refractivity contribution in [2.75, 3.05) is 26.0 Å². The SMILES string of the molecule is CN(C)Cc1ccccc1NC(=O)C1CC(=O)N(Cc2cccc(C(F)(F)F)c2)C1. The smallest absolute Gasteiger partial charge is 0.338 e. The Morgan fingerprint density at radius 2 is 1.90 bits per heavy atom. The Balaban J connectivity index is 1.66.